The average Bonchev–Trinajstić information content (AvgIpc) is 2.03. The third-order valence-electron chi connectivity index (χ3n) is 1.50. The van der Waals surface area contributed by atoms with Crippen LogP contribution in [0.2, 0.25) is 0 Å². The molecular weight excluding hydrogens is 178 g/mol. The second kappa shape index (κ2) is 3.20. The van der Waals surface area contributed by atoms with E-state index in [0.717, 1.165) is 0 Å². The summed E-state index contributed by atoms with van der Waals surface area (Å²) in [5, 5.41) is -0.0764. The van der Waals surface area contributed by atoms with Gasteiger partial charge in [-0.3, -0.25) is 4.55 Å². The van der Waals surface area contributed by atoms with Crippen molar-refractivity contribution in [2.75, 3.05) is 0 Å². The molecule has 0 aliphatic heterocycles. The van der Waals surface area contributed by atoms with Gasteiger partial charge in [-0.2, -0.15) is 13.0 Å². The molecule has 0 aliphatic carbocycles. The SMILES string of the molecule is CC[n+]1ccccc1S(=O)(=O)O. The molecular formula is C7H10NO3S+. The highest BCUT2D eigenvalue weighted by Crippen LogP contribution is 1.99. The van der Waals surface area contributed by atoms with Crippen LogP contribution in [0, 0.1) is 0 Å². The van der Waals surface area contributed by atoms with E-state index in [1.807, 2.05) is 0 Å². The van der Waals surface area contributed by atoms with Crippen molar-refractivity contribution in [1.82, 2.24) is 0 Å². The quantitative estimate of drug-likeness (QED) is 0.534. The van der Waals surface area contributed by atoms with Crippen molar-refractivity contribution in [2.24, 2.45) is 0 Å². The van der Waals surface area contributed by atoms with Crippen molar-refractivity contribution in [3.8, 4) is 0 Å². The molecule has 1 aromatic heterocycles. The van der Waals surface area contributed by atoms with E-state index in [0.29, 0.717) is 6.54 Å². The van der Waals surface area contributed by atoms with E-state index < -0.39 is 10.1 Å². The first-order valence-corrected chi connectivity index (χ1v) is 4.95. The van der Waals surface area contributed by atoms with Gasteiger partial charge in [0.15, 0.2) is 6.20 Å². The Labute approximate surface area is 71.2 Å². The van der Waals surface area contributed by atoms with Crippen molar-refractivity contribution in [3.63, 3.8) is 0 Å². The Morgan fingerprint density at radius 1 is 1.50 bits per heavy atom. The summed E-state index contributed by atoms with van der Waals surface area (Å²) in [5.74, 6) is 0. The number of aromatic nitrogens is 1. The summed E-state index contributed by atoms with van der Waals surface area (Å²) in [6.45, 7) is 2.31. The van der Waals surface area contributed by atoms with Gasteiger partial charge in [-0.25, -0.2) is 0 Å². The van der Waals surface area contributed by atoms with Gasteiger partial charge in [0, 0.05) is 12.1 Å². The largest absolute Gasteiger partial charge is 0.355 e. The molecule has 4 nitrogen and oxygen atoms in total. The predicted octanol–water partition coefficient (Wildman–Crippen LogP) is 0.241. The van der Waals surface area contributed by atoms with Gasteiger partial charge in [0.2, 0.25) is 0 Å². The Morgan fingerprint density at radius 2 is 2.17 bits per heavy atom. The predicted molar refractivity (Wildman–Crippen MR) is 42.1 cm³/mol. The molecule has 1 heterocycles. The fourth-order valence-corrected chi connectivity index (χ4v) is 1.69. The van der Waals surface area contributed by atoms with Gasteiger partial charge in [-0.1, -0.05) is 0 Å². The van der Waals surface area contributed by atoms with E-state index in [9.17, 15) is 8.42 Å². The van der Waals surface area contributed by atoms with Crippen LogP contribution < -0.4 is 4.57 Å². The lowest BCUT2D eigenvalue weighted by molar-refractivity contribution is -0.730. The van der Waals surface area contributed by atoms with Gasteiger partial charge in [-0.15, -0.1) is 0 Å². The number of pyridine rings is 1. The molecule has 0 unspecified atom stereocenters. The molecule has 66 valence electrons. The fourth-order valence-electron chi connectivity index (χ4n) is 0.956. The van der Waals surface area contributed by atoms with E-state index in [1.165, 1.54) is 10.6 Å². The maximum absolute atomic E-state index is 10.7. The van der Waals surface area contributed by atoms with Crippen molar-refractivity contribution in [1.29, 1.82) is 0 Å². The van der Waals surface area contributed by atoms with E-state index in [-0.39, 0.29) is 5.03 Å². The van der Waals surface area contributed by atoms with Crippen LogP contribution in [-0.2, 0) is 16.7 Å². The lowest BCUT2D eigenvalue weighted by Gasteiger charge is -1.96. The maximum Gasteiger partial charge on any atom is 0.355 e. The monoisotopic (exact) mass is 188 g/mol. The summed E-state index contributed by atoms with van der Waals surface area (Å²) in [6, 6.07) is 4.63. The van der Waals surface area contributed by atoms with Crippen LogP contribution in [0.1, 0.15) is 6.92 Å². The standard InChI is InChI=1S/C7H9NO3S/c1-2-8-6-4-3-5-7(8)12(9,10)11/h3-6H,2H2,1H3/p+1. The van der Waals surface area contributed by atoms with Crippen LogP contribution in [0.25, 0.3) is 0 Å². The summed E-state index contributed by atoms with van der Waals surface area (Å²) in [5.41, 5.74) is 0. The maximum atomic E-state index is 10.7. The molecule has 1 N–H and O–H groups in total. The molecule has 0 atom stereocenters. The smallest absolute Gasteiger partial charge is 0.277 e. The Kier molecular flexibility index (Phi) is 2.44. The molecule has 0 saturated carbocycles. The highest BCUT2D eigenvalue weighted by Gasteiger charge is 2.20. The summed E-state index contributed by atoms with van der Waals surface area (Å²) < 4.78 is 31.7. The molecule has 0 spiro atoms. The lowest BCUT2D eigenvalue weighted by Crippen LogP contribution is -2.38. The molecule has 12 heavy (non-hydrogen) atoms. The van der Waals surface area contributed by atoms with Crippen molar-refractivity contribution >= 4 is 10.1 Å². The van der Waals surface area contributed by atoms with Gasteiger partial charge in [-0.05, 0) is 13.0 Å². The highest BCUT2D eigenvalue weighted by atomic mass is 32.2. The number of rotatable bonds is 2. The molecule has 0 saturated heterocycles. The van der Waals surface area contributed by atoms with Crippen LogP contribution in [0.3, 0.4) is 0 Å². The molecule has 0 radical (unpaired) electrons. The first-order valence-electron chi connectivity index (χ1n) is 3.51. The Hall–Kier alpha value is -0.940. The number of hydrogen-bond acceptors (Lipinski definition) is 2. The zero-order valence-electron chi connectivity index (χ0n) is 6.64. The zero-order chi connectivity index (χ0) is 9.19. The van der Waals surface area contributed by atoms with Crippen molar-refractivity contribution < 1.29 is 17.5 Å². The van der Waals surface area contributed by atoms with Gasteiger partial charge in [0.25, 0.3) is 0 Å². The molecule has 1 rings (SSSR count). The molecule has 0 aliphatic rings. The molecule has 0 aromatic carbocycles. The van der Waals surface area contributed by atoms with Gasteiger partial charge in [0.1, 0.15) is 6.54 Å². The summed E-state index contributed by atoms with van der Waals surface area (Å²) in [6.07, 6.45) is 1.60. The average molecular weight is 188 g/mol. The second-order valence-corrected chi connectivity index (χ2v) is 3.67. The Bertz CT molecular complexity index is 372. The second-order valence-electron chi connectivity index (χ2n) is 2.30. The Balaban J connectivity index is 3.33. The minimum Gasteiger partial charge on any atom is -0.277 e. The number of nitrogens with zero attached hydrogens (tertiary/aromatic N) is 1. The first kappa shape index (κ1) is 9.15. The summed E-state index contributed by atoms with van der Waals surface area (Å²) in [7, 11) is -4.08. The van der Waals surface area contributed by atoms with Crippen LogP contribution in [0.15, 0.2) is 29.4 Å². The number of aryl methyl sites for hydroxylation is 1. The summed E-state index contributed by atoms with van der Waals surface area (Å²) >= 11 is 0. The van der Waals surface area contributed by atoms with Crippen LogP contribution in [0.5, 0.6) is 0 Å². The minimum atomic E-state index is -4.08. The third-order valence-corrected chi connectivity index (χ3v) is 2.40. The van der Waals surface area contributed by atoms with E-state index in [2.05, 4.69) is 0 Å². The zero-order valence-corrected chi connectivity index (χ0v) is 7.45. The van der Waals surface area contributed by atoms with Crippen LogP contribution >= 0.6 is 0 Å². The number of hydrogen-bond donors (Lipinski definition) is 1. The summed E-state index contributed by atoms with van der Waals surface area (Å²) in [4.78, 5) is 0. The highest BCUT2D eigenvalue weighted by molar-refractivity contribution is 7.85. The topological polar surface area (TPSA) is 58.2 Å². The molecule has 0 fully saturated rings. The van der Waals surface area contributed by atoms with E-state index in [1.54, 1.807) is 25.3 Å². The van der Waals surface area contributed by atoms with Crippen LogP contribution in [0.4, 0.5) is 0 Å². The third kappa shape index (κ3) is 1.80. The first-order chi connectivity index (χ1) is 5.55. The van der Waals surface area contributed by atoms with Crippen molar-refractivity contribution in [3.05, 3.63) is 24.4 Å². The van der Waals surface area contributed by atoms with Crippen molar-refractivity contribution in [2.45, 2.75) is 18.5 Å². The van der Waals surface area contributed by atoms with Gasteiger partial charge < -0.3 is 0 Å². The molecule has 0 bridgehead atoms. The molecule has 0 amide bonds. The molecule has 5 heteroatoms. The van der Waals surface area contributed by atoms with Gasteiger partial charge in [0.05, 0.1) is 0 Å². The minimum absolute atomic E-state index is 0.0764. The normalized spacial score (nSPS) is 11.5. The fraction of sp³-hybridized carbons (Fsp3) is 0.286. The molecule has 1 aromatic rings. The lowest BCUT2D eigenvalue weighted by atomic mass is 10.5. The van der Waals surface area contributed by atoms with Gasteiger partial charge >= 0.3 is 15.1 Å². The van der Waals surface area contributed by atoms with E-state index >= 15 is 0 Å². The van der Waals surface area contributed by atoms with Crippen LogP contribution in [-0.4, -0.2) is 13.0 Å². The van der Waals surface area contributed by atoms with E-state index in [4.69, 9.17) is 4.55 Å². The Morgan fingerprint density at radius 3 is 2.58 bits per heavy atom.